The van der Waals surface area contributed by atoms with E-state index < -0.39 is 21.8 Å². The Hall–Kier alpha value is -3.17. The molecule has 9 heteroatoms. The summed E-state index contributed by atoms with van der Waals surface area (Å²) in [5.74, 6) is -0.932. The van der Waals surface area contributed by atoms with Crippen molar-refractivity contribution in [3.8, 4) is 0 Å². The number of carbonyl (C=O) groups excluding carboxylic acids is 2. The van der Waals surface area contributed by atoms with Gasteiger partial charge in [0.15, 0.2) is 0 Å². The van der Waals surface area contributed by atoms with E-state index in [1.165, 1.54) is 47.7 Å². The number of rotatable bonds is 6. The number of thiophene rings is 1. The normalized spacial score (nSPS) is 13.3. The highest BCUT2D eigenvalue weighted by Crippen LogP contribution is 2.38. The van der Waals surface area contributed by atoms with Gasteiger partial charge in [-0.05, 0) is 67.6 Å². The molecule has 2 amide bonds. The molecule has 0 spiro atoms. The number of primary amides is 1. The SMILES string of the molecule is NC(=O)c1c(NC(=O)c2ccc(NS(=O)(=O)c3ccccc3)cc2)sc2c1CCCC2. The Kier molecular flexibility index (Phi) is 5.79. The van der Waals surface area contributed by atoms with Gasteiger partial charge in [0.1, 0.15) is 5.00 Å². The Morgan fingerprint density at radius 2 is 1.61 bits per heavy atom. The van der Waals surface area contributed by atoms with Gasteiger partial charge in [0.2, 0.25) is 0 Å². The third-order valence-electron chi connectivity index (χ3n) is 5.10. The number of sulfonamides is 1. The van der Waals surface area contributed by atoms with Crippen LogP contribution in [0.3, 0.4) is 0 Å². The topological polar surface area (TPSA) is 118 Å². The van der Waals surface area contributed by atoms with Crippen molar-refractivity contribution in [2.24, 2.45) is 5.73 Å². The average Bonchev–Trinajstić information content (AvgIpc) is 3.12. The second-order valence-corrected chi connectivity index (χ2v) is 10.0. The van der Waals surface area contributed by atoms with Crippen molar-refractivity contribution in [1.29, 1.82) is 0 Å². The molecule has 0 aliphatic heterocycles. The zero-order valence-electron chi connectivity index (χ0n) is 16.6. The van der Waals surface area contributed by atoms with E-state index in [0.29, 0.717) is 21.8 Å². The molecule has 4 N–H and O–H groups in total. The highest BCUT2D eigenvalue weighted by molar-refractivity contribution is 7.92. The number of carbonyl (C=O) groups is 2. The fraction of sp³-hybridized carbons (Fsp3) is 0.182. The maximum absolute atomic E-state index is 12.7. The number of aryl methyl sites for hydroxylation is 1. The van der Waals surface area contributed by atoms with Crippen LogP contribution in [-0.4, -0.2) is 20.2 Å². The number of amides is 2. The van der Waals surface area contributed by atoms with Crippen molar-refractivity contribution >= 4 is 43.9 Å². The van der Waals surface area contributed by atoms with Gasteiger partial charge in [0, 0.05) is 16.1 Å². The third-order valence-corrected chi connectivity index (χ3v) is 7.70. The van der Waals surface area contributed by atoms with Crippen LogP contribution in [0.25, 0.3) is 0 Å². The van der Waals surface area contributed by atoms with Crippen molar-refractivity contribution < 1.29 is 18.0 Å². The molecule has 0 radical (unpaired) electrons. The zero-order chi connectivity index (χ0) is 22.0. The molecule has 1 heterocycles. The molecule has 1 aliphatic carbocycles. The van der Waals surface area contributed by atoms with E-state index in [2.05, 4.69) is 10.0 Å². The minimum atomic E-state index is -3.71. The van der Waals surface area contributed by atoms with Crippen LogP contribution in [0, 0.1) is 0 Å². The lowest BCUT2D eigenvalue weighted by atomic mass is 9.95. The Morgan fingerprint density at radius 3 is 2.29 bits per heavy atom. The van der Waals surface area contributed by atoms with E-state index in [4.69, 9.17) is 5.73 Å². The zero-order valence-corrected chi connectivity index (χ0v) is 18.2. The molecular formula is C22H21N3O4S2. The number of fused-ring (bicyclic) bond motifs is 1. The molecule has 0 fully saturated rings. The standard InChI is InChI=1S/C22H21N3O4S2/c23-20(26)19-17-8-4-5-9-18(17)30-22(19)24-21(27)14-10-12-15(13-11-14)25-31(28,29)16-6-2-1-3-7-16/h1-3,6-7,10-13,25H,4-5,8-9H2,(H2,23,26)(H,24,27). The summed E-state index contributed by atoms with van der Waals surface area (Å²) in [7, 11) is -3.71. The molecule has 0 saturated heterocycles. The van der Waals surface area contributed by atoms with Gasteiger partial charge in [-0.15, -0.1) is 11.3 Å². The average molecular weight is 456 g/mol. The molecule has 0 unspecified atom stereocenters. The van der Waals surface area contributed by atoms with Crippen molar-refractivity contribution in [2.45, 2.75) is 30.6 Å². The van der Waals surface area contributed by atoms with E-state index in [1.807, 2.05) is 0 Å². The largest absolute Gasteiger partial charge is 0.365 e. The van der Waals surface area contributed by atoms with E-state index in [-0.39, 0.29) is 4.90 Å². The molecule has 0 atom stereocenters. The molecular weight excluding hydrogens is 434 g/mol. The minimum absolute atomic E-state index is 0.150. The monoisotopic (exact) mass is 455 g/mol. The number of nitrogens with two attached hydrogens (primary N) is 1. The number of benzene rings is 2. The first-order valence-electron chi connectivity index (χ1n) is 9.79. The van der Waals surface area contributed by atoms with E-state index in [1.54, 1.807) is 18.2 Å². The first-order valence-corrected chi connectivity index (χ1v) is 12.1. The van der Waals surface area contributed by atoms with Crippen molar-refractivity contribution in [3.63, 3.8) is 0 Å². The number of hydrogen-bond donors (Lipinski definition) is 3. The summed E-state index contributed by atoms with van der Waals surface area (Å²) in [4.78, 5) is 26.0. The molecule has 31 heavy (non-hydrogen) atoms. The fourth-order valence-electron chi connectivity index (χ4n) is 3.59. The smallest absolute Gasteiger partial charge is 0.261 e. The minimum Gasteiger partial charge on any atom is -0.365 e. The molecule has 1 aliphatic rings. The van der Waals surface area contributed by atoms with Crippen LogP contribution < -0.4 is 15.8 Å². The van der Waals surface area contributed by atoms with Gasteiger partial charge in [0.05, 0.1) is 10.5 Å². The second-order valence-electron chi connectivity index (χ2n) is 7.23. The summed E-state index contributed by atoms with van der Waals surface area (Å²) in [5, 5.41) is 3.27. The van der Waals surface area contributed by atoms with Gasteiger partial charge in [-0.2, -0.15) is 0 Å². The molecule has 3 aromatic rings. The molecule has 160 valence electrons. The van der Waals surface area contributed by atoms with Crippen LogP contribution in [-0.2, 0) is 22.9 Å². The summed E-state index contributed by atoms with van der Waals surface area (Å²) in [6, 6.07) is 14.1. The number of anilines is 2. The molecule has 7 nitrogen and oxygen atoms in total. The predicted octanol–water partition coefficient (Wildman–Crippen LogP) is 3.78. The lowest BCUT2D eigenvalue weighted by Gasteiger charge is -2.11. The van der Waals surface area contributed by atoms with Gasteiger partial charge in [-0.25, -0.2) is 8.42 Å². The highest BCUT2D eigenvalue weighted by Gasteiger charge is 2.25. The quantitative estimate of drug-likeness (QED) is 0.524. The van der Waals surface area contributed by atoms with Gasteiger partial charge < -0.3 is 11.1 Å². The molecule has 0 bridgehead atoms. The van der Waals surface area contributed by atoms with Crippen LogP contribution in [0.4, 0.5) is 10.7 Å². The van der Waals surface area contributed by atoms with Gasteiger partial charge in [-0.1, -0.05) is 18.2 Å². The van der Waals surface area contributed by atoms with E-state index in [9.17, 15) is 18.0 Å². The number of nitrogens with one attached hydrogen (secondary N) is 2. The van der Waals surface area contributed by atoms with Crippen LogP contribution in [0.1, 0.15) is 44.0 Å². The summed E-state index contributed by atoms with van der Waals surface area (Å²) < 4.78 is 27.3. The summed E-state index contributed by atoms with van der Waals surface area (Å²) in [5.41, 5.74) is 7.60. The maximum Gasteiger partial charge on any atom is 0.261 e. The van der Waals surface area contributed by atoms with Crippen LogP contribution in [0.15, 0.2) is 59.5 Å². The Labute approximate surface area is 184 Å². The molecule has 2 aromatic carbocycles. The summed E-state index contributed by atoms with van der Waals surface area (Å²) in [6.45, 7) is 0. The Balaban J connectivity index is 1.51. The van der Waals surface area contributed by atoms with Crippen molar-refractivity contribution in [1.82, 2.24) is 0 Å². The van der Waals surface area contributed by atoms with Gasteiger partial charge in [0.25, 0.3) is 21.8 Å². The molecule has 4 rings (SSSR count). The summed E-state index contributed by atoms with van der Waals surface area (Å²) >= 11 is 1.40. The fourth-order valence-corrected chi connectivity index (χ4v) is 5.96. The highest BCUT2D eigenvalue weighted by atomic mass is 32.2. The number of hydrogen-bond acceptors (Lipinski definition) is 5. The van der Waals surface area contributed by atoms with Crippen LogP contribution in [0.5, 0.6) is 0 Å². The van der Waals surface area contributed by atoms with Crippen molar-refractivity contribution in [3.05, 3.63) is 76.2 Å². The third kappa shape index (κ3) is 4.47. The summed E-state index contributed by atoms with van der Waals surface area (Å²) in [6.07, 6.45) is 3.72. The van der Waals surface area contributed by atoms with Gasteiger partial charge in [-0.3, -0.25) is 14.3 Å². The van der Waals surface area contributed by atoms with E-state index in [0.717, 1.165) is 36.1 Å². The van der Waals surface area contributed by atoms with Crippen LogP contribution >= 0.6 is 11.3 Å². The van der Waals surface area contributed by atoms with Crippen LogP contribution in [0.2, 0.25) is 0 Å². The van der Waals surface area contributed by atoms with Crippen molar-refractivity contribution in [2.75, 3.05) is 10.0 Å². The lowest BCUT2D eigenvalue weighted by molar-refractivity contribution is 0.100. The van der Waals surface area contributed by atoms with E-state index >= 15 is 0 Å². The van der Waals surface area contributed by atoms with Gasteiger partial charge >= 0.3 is 0 Å². The predicted molar refractivity (Wildman–Crippen MR) is 121 cm³/mol. The first kappa shape index (κ1) is 21.1. The molecule has 1 aromatic heterocycles. The first-order chi connectivity index (χ1) is 14.8. The Morgan fingerprint density at radius 1 is 0.935 bits per heavy atom. The Bertz CT molecular complexity index is 1230. The molecule has 0 saturated carbocycles. The lowest BCUT2D eigenvalue weighted by Crippen LogP contribution is -2.18. The maximum atomic E-state index is 12.7. The second kappa shape index (κ2) is 8.52.